The Labute approximate surface area is 211 Å². The number of para-hydroxylation sites is 1. The molecule has 0 saturated carbocycles. The van der Waals surface area contributed by atoms with Crippen molar-refractivity contribution in [2.75, 3.05) is 31.5 Å². The summed E-state index contributed by atoms with van der Waals surface area (Å²) < 4.78 is 44.4. The number of nitro benzene ring substituents is 1. The smallest absolute Gasteiger partial charge is 0.337 e. The van der Waals surface area contributed by atoms with Crippen LogP contribution in [0.5, 0.6) is 17.2 Å². The van der Waals surface area contributed by atoms with E-state index >= 15 is 0 Å². The fourth-order valence-corrected chi connectivity index (χ4v) is 4.48. The highest BCUT2D eigenvalue weighted by atomic mass is 32.2. The molecule has 0 amide bonds. The Morgan fingerprint density at radius 2 is 1.62 bits per heavy atom. The molecule has 0 atom stereocenters. The van der Waals surface area contributed by atoms with E-state index in [2.05, 4.69) is 15.2 Å². The second kappa shape index (κ2) is 11.3. The molecule has 14 heteroatoms. The summed E-state index contributed by atoms with van der Waals surface area (Å²) in [6.45, 7) is 0. The van der Waals surface area contributed by atoms with Gasteiger partial charge >= 0.3 is 5.97 Å². The molecule has 3 aromatic rings. The number of nitrogens with zero attached hydrogens (tertiary/aromatic N) is 2. The van der Waals surface area contributed by atoms with Crippen LogP contribution in [0, 0.1) is 10.1 Å². The Bertz CT molecular complexity index is 1470. The first-order valence-corrected chi connectivity index (χ1v) is 11.8. The van der Waals surface area contributed by atoms with Crippen LogP contribution in [-0.2, 0) is 10.0 Å². The van der Waals surface area contributed by atoms with Crippen LogP contribution in [0.4, 0.5) is 17.1 Å². The minimum absolute atomic E-state index is 0.110. The molecule has 0 unspecified atom stereocenters. The van der Waals surface area contributed by atoms with Crippen LogP contribution in [-0.4, -0.2) is 52.0 Å². The topological polar surface area (TPSA) is 179 Å². The molecule has 194 valence electrons. The molecule has 13 nitrogen and oxygen atoms in total. The number of ether oxygens (including phenoxy) is 3. The SMILES string of the molecule is COc1cc(OC)c(OC)cc1/C=N/Nc1ccc([N+](=O)[O-])cc1S(=O)(=O)Nc1ccccc1C(=O)O. The number of aromatic carboxylic acids is 1. The number of hydrogen-bond donors (Lipinski definition) is 3. The molecule has 0 saturated heterocycles. The van der Waals surface area contributed by atoms with Crippen LogP contribution in [0.25, 0.3) is 0 Å². The number of non-ortho nitro benzene ring substituents is 1. The van der Waals surface area contributed by atoms with Crippen LogP contribution in [0.1, 0.15) is 15.9 Å². The molecular formula is C23H22N4O9S. The zero-order valence-electron chi connectivity index (χ0n) is 19.8. The van der Waals surface area contributed by atoms with Gasteiger partial charge in [-0.2, -0.15) is 5.10 Å². The summed E-state index contributed by atoms with van der Waals surface area (Å²) in [6, 6.07) is 11.6. The van der Waals surface area contributed by atoms with Gasteiger partial charge in [0.1, 0.15) is 10.6 Å². The van der Waals surface area contributed by atoms with E-state index in [4.69, 9.17) is 14.2 Å². The lowest BCUT2D eigenvalue weighted by atomic mass is 10.2. The fourth-order valence-electron chi connectivity index (χ4n) is 3.22. The van der Waals surface area contributed by atoms with Gasteiger partial charge in [-0.25, -0.2) is 13.2 Å². The van der Waals surface area contributed by atoms with Crippen molar-refractivity contribution in [2.45, 2.75) is 4.90 Å². The normalized spacial score (nSPS) is 11.1. The van der Waals surface area contributed by atoms with E-state index in [-0.39, 0.29) is 16.9 Å². The molecule has 0 aromatic heterocycles. The number of benzene rings is 3. The molecule has 3 N–H and O–H groups in total. The Kier molecular flexibility index (Phi) is 8.14. The van der Waals surface area contributed by atoms with Crippen molar-refractivity contribution in [1.29, 1.82) is 0 Å². The van der Waals surface area contributed by atoms with E-state index < -0.39 is 31.5 Å². The Hall–Kier alpha value is -4.85. The summed E-state index contributed by atoms with van der Waals surface area (Å²) in [4.78, 5) is 21.5. The number of methoxy groups -OCH3 is 3. The van der Waals surface area contributed by atoms with Crippen molar-refractivity contribution in [1.82, 2.24) is 0 Å². The van der Waals surface area contributed by atoms with Crippen molar-refractivity contribution in [3.05, 3.63) is 75.8 Å². The Balaban J connectivity index is 2.01. The van der Waals surface area contributed by atoms with Gasteiger partial charge in [0.15, 0.2) is 11.5 Å². The molecule has 3 aromatic carbocycles. The number of rotatable bonds is 11. The molecule has 0 aliphatic rings. The van der Waals surface area contributed by atoms with Gasteiger partial charge in [0.05, 0.1) is 49.4 Å². The number of carboxylic acid groups (broad SMARTS) is 1. The number of nitro groups is 1. The molecule has 37 heavy (non-hydrogen) atoms. The molecular weight excluding hydrogens is 508 g/mol. The second-order valence-electron chi connectivity index (χ2n) is 7.21. The van der Waals surface area contributed by atoms with E-state index in [9.17, 15) is 28.4 Å². The van der Waals surface area contributed by atoms with E-state index in [0.29, 0.717) is 22.8 Å². The van der Waals surface area contributed by atoms with Gasteiger partial charge in [0.25, 0.3) is 15.7 Å². The standard InChI is InChI=1S/C23H22N4O9S/c1-34-19-12-21(36-3)20(35-2)10-14(19)13-24-25-18-9-8-15(27(30)31)11-22(18)37(32,33)26-17-7-5-4-6-16(17)23(28)29/h4-13,25-26H,1-3H3,(H,28,29)/b24-13+. The van der Waals surface area contributed by atoms with Crippen LogP contribution < -0.4 is 24.4 Å². The van der Waals surface area contributed by atoms with Gasteiger partial charge in [-0.1, -0.05) is 12.1 Å². The largest absolute Gasteiger partial charge is 0.496 e. The van der Waals surface area contributed by atoms with Gasteiger partial charge in [-0.3, -0.25) is 20.3 Å². The summed E-state index contributed by atoms with van der Waals surface area (Å²) in [7, 11) is -0.145. The summed E-state index contributed by atoms with van der Waals surface area (Å²) in [5.74, 6) is -0.165. The third kappa shape index (κ3) is 6.05. The maximum absolute atomic E-state index is 13.2. The summed E-state index contributed by atoms with van der Waals surface area (Å²) in [5.41, 5.74) is 1.88. The van der Waals surface area contributed by atoms with Gasteiger partial charge in [-0.15, -0.1) is 0 Å². The Morgan fingerprint density at radius 3 is 2.24 bits per heavy atom. The van der Waals surface area contributed by atoms with Crippen LogP contribution in [0.15, 0.2) is 64.6 Å². The number of carbonyl (C=O) groups is 1. The van der Waals surface area contributed by atoms with E-state index in [1.807, 2.05) is 0 Å². The predicted octanol–water partition coefficient (Wildman–Crippen LogP) is 3.57. The fraction of sp³-hybridized carbons (Fsp3) is 0.130. The first-order chi connectivity index (χ1) is 17.6. The summed E-state index contributed by atoms with van der Waals surface area (Å²) in [6.07, 6.45) is 1.33. The van der Waals surface area contributed by atoms with Gasteiger partial charge < -0.3 is 19.3 Å². The highest BCUT2D eigenvalue weighted by molar-refractivity contribution is 7.93. The van der Waals surface area contributed by atoms with Gasteiger partial charge in [0.2, 0.25) is 0 Å². The first kappa shape index (κ1) is 26.7. The van der Waals surface area contributed by atoms with Crippen LogP contribution in [0.2, 0.25) is 0 Å². The highest BCUT2D eigenvalue weighted by Gasteiger charge is 2.24. The van der Waals surface area contributed by atoms with Gasteiger partial charge in [0, 0.05) is 23.8 Å². The minimum Gasteiger partial charge on any atom is -0.496 e. The third-order valence-corrected chi connectivity index (χ3v) is 6.40. The lowest BCUT2D eigenvalue weighted by molar-refractivity contribution is -0.385. The summed E-state index contributed by atoms with van der Waals surface area (Å²) >= 11 is 0. The van der Waals surface area contributed by atoms with Crippen molar-refractivity contribution in [3.8, 4) is 17.2 Å². The zero-order valence-corrected chi connectivity index (χ0v) is 20.6. The Morgan fingerprint density at radius 1 is 0.973 bits per heavy atom. The number of nitrogens with one attached hydrogen (secondary N) is 2. The lowest BCUT2D eigenvalue weighted by Gasteiger charge is -2.14. The molecule has 0 heterocycles. The van der Waals surface area contributed by atoms with Crippen LogP contribution >= 0.6 is 0 Å². The van der Waals surface area contributed by atoms with Gasteiger partial charge in [-0.05, 0) is 24.3 Å². The monoisotopic (exact) mass is 530 g/mol. The molecule has 0 aliphatic carbocycles. The molecule has 0 fully saturated rings. The molecule has 3 rings (SSSR count). The second-order valence-corrected chi connectivity index (χ2v) is 8.86. The number of hydrazone groups is 1. The quantitative estimate of drug-likeness (QED) is 0.188. The number of carboxylic acids is 1. The molecule has 0 bridgehead atoms. The average Bonchev–Trinajstić information content (AvgIpc) is 2.88. The number of hydrogen-bond acceptors (Lipinski definition) is 10. The number of sulfonamides is 1. The zero-order chi connectivity index (χ0) is 27.2. The highest BCUT2D eigenvalue weighted by Crippen LogP contribution is 2.34. The molecule has 0 aliphatic heterocycles. The lowest BCUT2D eigenvalue weighted by Crippen LogP contribution is -2.17. The number of anilines is 2. The maximum Gasteiger partial charge on any atom is 0.337 e. The van der Waals surface area contributed by atoms with Crippen molar-refractivity contribution in [3.63, 3.8) is 0 Å². The first-order valence-electron chi connectivity index (χ1n) is 10.3. The summed E-state index contributed by atoms with van der Waals surface area (Å²) in [5, 5.41) is 24.7. The van der Waals surface area contributed by atoms with E-state index in [1.165, 1.54) is 57.9 Å². The maximum atomic E-state index is 13.2. The van der Waals surface area contributed by atoms with Crippen molar-refractivity contribution < 1.29 is 37.5 Å². The third-order valence-electron chi connectivity index (χ3n) is 4.99. The minimum atomic E-state index is -4.50. The van der Waals surface area contributed by atoms with Crippen molar-refractivity contribution in [2.24, 2.45) is 5.10 Å². The molecule has 0 spiro atoms. The van der Waals surface area contributed by atoms with Crippen LogP contribution in [0.3, 0.4) is 0 Å². The molecule has 0 radical (unpaired) electrons. The average molecular weight is 531 g/mol. The predicted molar refractivity (Wildman–Crippen MR) is 135 cm³/mol. The van der Waals surface area contributed by atoms with E-state index in [1.54, 1.807) is 12.1 Å². The van der Waals surface area contributed by atoms with E-state index in [0.717, 1.165) is 12.1 Å². The van der Waals surface area contributed by atoms with Crippen molar-refractivity contribution >= 4 is 39.3 Å².